The number of hydrogen-bond acceptors (Lipinski definition) is 3. The molecule has 0 saturated carbocycles. The molecule has 46 valence electrons. The summed E-state index contributed by atoms with van der Waals surface area (Å²) in [6, 6.07) is 0. The second kappa shape index (κ2) is 3.01. The summed E-state index contributed by atoms with van der Waals surface area (Å²) in [5.41, 5.74) is 0.551. The average Bonchev–Trinajstić information content (AvgIpc) is 1.65. The van der Waals surface area contributed by atoms with E-state index in [1.165, 1.54) is 0 Å². The molecule has 8 heavy (non-hydrogen) atoms. The van der Waals surface area contributed by atoms with Gasteiger partial charge in [-0.2, -0.15) is 0 Å². The molecular weight excluding hydrogens is 108 g/mol. The van der Waals surface area contributed by atoms with E-state index in [2.05, 4.69) is 5.32 Å². The van der Waals surface area contributed by atoms with Crippen molar-refractivity contribution in [1.82, 2.24) is 5.32 Å². The highest BCUT2D eigenvalue weighted by Gasteiger charge is 1.88. The Morgan fingerprint density at radius 3 is 2.50 bits per heavy atom. The van der Waals surface area contributed by atoms with Crippen LogP contribution in [0.15, 0.2) is 11.9 Å². The number of hydrogen-bond donors (Lipinski definition) is 1. The van der Waals surface area contributed by atoms with Crippen molar-refractivity contribution < 1.29 is 4.92 Å². The maximum atomic E-state index is 9.66. The molecule has 4 heteroatoms. The molecule has 0 spiro atoms. The first-order valence-electron chi connectivity index (χ1n) is 2.16. The van der Waals surface area contributed by atoms with E-state index in [-0.39, 0.29) is 0 Å². The first-order valence-corrected chi connectivity index (χ1v) is 2.16. The molecule has 0 aromatic heterocycles. The minimum Gasteiger partial charge on any atom is -0.387 e. The lowest BCUT2D eigenvalue weighted by atomic mass is 10.5. The Morgan fingerprint density at radius 2 is 2.38 bits per heavy atom. The van der Waals surface area contributed by atoms with Crippen molar-refractivity contribution in [2.45, 2.75) is 6.92 Å². The van der Waals surface area contributed by atoms with Crippen LogP contribution < -0.4 is 5.32 Å². The third-order valence-corrected chi connectivity index (χ3v) is 0.693. The van der Waals surface area contributed by atoms with Crippen LogP contribution in [-0.4, -0.2) is 12.0 Å². The summed E-state index contributed by atoms with van der Waals surface area (Å²) in [4.78, 5) is 9.16. The summed E-state index contributed by atoms with van der Waals surface area (Å²) < 4.78 is 0. The second-order valence-corrected chi connectivity index (χ2v) is 1.35. The number of nitrogens with one attached hydrogen (secondary N) is 1. The van der Waals surface area contributed by atoms with Crippen LogP contribution in [0.5, 0.6) is 0 Å². The van der Waals surface area contributed by atoms with Gasteiger partial charge in [0.25, 0.3) is 6.20 Å². The SMILES string of the molecule is CNC(C)=C[N+](=O)[O-]. The van der Waals surface area contributed by atoms with Gasteiger partial charge in [-0.05, 0) is 6.92 Å². The van der Waals surface area contributed by atoms with Crippen molar-refractivity contribution in [1.29, 1.82) is 0 Å². The third-order valence-electron chi connectivity index (χ3n) is 0.693. The zero-order valence-corrected chi connectivity index (χ0v) is 4.84. The fourth-order valence-electron chi connectivity index (χ4n) is 0.223. The van der Waals surface area contributed by atoms with E-state index in [4.69, 9.17) is 0 Å². The Hall–Kier alpha value is -1.06. The van der Waals surface area contributed by atoms with Crippen molar-refractivity contribution in [2.24, 2.45) is 0 Å². The second-order valence-electron chi connectivity index (χ2n) is 1.35. The molecule has 0 saturated heterocycles. The maximum Gasteiger partial charge on any atom is 0.252 e. The molecule has 0 radical (unpaired) electrons. The van der Waals surface area contributed by atoms with Crippen molar-refractivity contribution in [3.8, 4) is 0 Å². The van der Waals surface area contributed by atoms with Gasteiger partial charge in [0, 0.05) is 7.05 Å². The van der Waals surface area contributed by atoms with Crippen molar-refractivity contribution >= 4 is 0 Å². The average molecular weight is 116 g/mol. The lowest BCUT2D eigenvalue weighted by molar-refractivity contribution is -0.403. The van der Waals surface area contributed by atoms with E-state index in [1.807, 2.05) is 0 Å². The molecule has 0 amide bonds. The van der Waals surface area contributed by atoms with E-state index in [0.717, 1.165) is 6.20 Å². The van der Waals surface area contributed by atoms with Crippen LogP contribution in [0.1, 0.15) is 6.92 Å². The van der Waals surface area contributed by atoms with Crippen LogP contribution in [0.2, 0.25) is 0 Å². The van der Waals surface area contributed by atoms with Crippen LogP contribution in [0.4, 0.5) is 0 Å². The molecule has 4 nitrogen and oxygen atoms in total. The Balaban J connectivity index is 3.75. The topological polar surface area (TPSA) is 55.2 Å². The van der Waals surface area contributed by atoms with Gasteiger partial charge in [-0.15, -0.1) is 0 Å². The van der Waals surface area contributed by atoms with Crippen LogP contribution >= 0.6 is 0 Å². The van der Waals surface area contributed by atoms with E-state index in [0.29, 0.717) is 5.70 Å². The maximum absolute atomic E-state index is 9.66. The quantitative estimate of drug-likeness (QED) is 0.418. The molecule has 0 aliphatic rings. The van der Waals surface area contributed by atoms with Crippen LogP contribution in [-0.2, 0) is 0 Å². The Morgan fingerprint density at radius 1 is 1.88 bits per heavy atom. The van der Waals surface area contributed by atoms with E-state index < -0.39 is 4.92 Å². The molecule has 0 aromatic carbocycles. The zero-order chi connectivity index (χ0) is 6.57. The summed E-state index contributed by atoms with van der Waals surface area (Å²) in [7, 11) is 1.63. The number of nitrogens with zero attached hydrogens (tertiary/aromatic N) is 1. The Kier molecular flexibility index (Phi) is 2.61. The van der Waals surface area contributed by atoms with Gasteiger partial charge < -0.3 is 5.32 Å². The van der Waals surface area contributed by atoms with Crippen molar-refractivity contribution in [3.05, 3.63) is 22.0 Å². The predicted molar refractivity (Wildman–Crippen MR) is 29.8 cm³/mol. The molecule has 0 aromatic rings. The normalized spacial score (nSPS) is 11.0. The number of allylic oxidation sites excluding steroid dienone is 1. The lowest BCUT2D eigenvalue weighted by Gasteiger charge is -1.89. The monoisotopic (exact) mass is 116 g/mol. The smallest absolute Gasteiger partial charge is 0.252 e. The molecule has 0 aliphatic heterocycles. The highest BCUT2D eigenvalue weighted by atomic mass is 16.6. The van der Waals surface area contributed by atoms with Gasteiger partial charge in [0.15, 0.2) is 0 Å². The minimum absolute atomic E-state index is 0.494. The van der Waals surface area contributed by atoms with Crippen LogP contribution in [0.3, 0.4) is 0 Å². The van der Waals surface area contributed by atoms with Gasteiger partial charge in [-0.3, -0.25) is 10.1 Å². The molecule has 0 bridgehead atoms. The van der Waals surface area contributed by atoms with Gasteiger partial charge >= 0.3 is 0 Å². The van der Waals surface area contributed by atoms with Gasteiger partial charge in [0.2, 0.25) is 0 Å². The minimum atomic E-state index is -0.494. The molecule has 0 atom stereocenters. The molecule has 0 heterocycles. The summed E-state index contributed by atoms with van der Waals surface area (Å²) in [5, 5.41) is 12.3. The largest absolute Gasteiger partial charge is 0.387 e. The molecule has 0 rings (SSSR count). The highest BCUT2D eigenvalue weighted by Crippen LogP contribution is 1.81. The van der Waals surface area contributed by atoms with Gasteiger partial charge in [-0.1, -0.05) is 0 Å². The van der Waals surface area contributed by atoms with Crippen molar-refractivity contribution in [2.75, 3.05) is 7.05 Å². The Labute approximate surface area is 47.3 Å². The first kappa shape index (κ1) is 6.94. The number of nitro groups is 1. The third kappa shape index (κ3) is 3.14. The van der Waals surface area contributed by atoms with Gasteiger partial charge in [0.1, 0.15) is 0 Å². The first-order chi connectivity index (χ1) is 3.66. The van der Waals surface area contributed by atoms with Crippen molar-refractivity contribution in [3.63, 3.8) is 0 Å². The number of rotatable bonds is 2. The molecule has 0 aliphatic carbocycles. The summed E-state index contributed by atoms with van der Waals surface area (Å²) in [5.74, 6) is 0. The predicted octanol–water partition coefficient (Wildman–Crippen LogP) is 0.344. The van der Waals surface area contributed by atoms with Crippen LogP contribution in [0, 0.1) is 10.1 Å². The summed E-state index contributed by atoms with van der Waals surface area (Å²) in [6.07, 6.45) is 0.917. The highest BCUT2D eigenvalue weighted by molar-refractivity contribution is 4.86. The summed E-state index contributed by atoms with van der Waals surface area (Å²) in [6.45, 7) is 1.63. The molecule has 1 N–H and O–H groups in total. The van der Waals surface area contributed by atoms with E-state index >= 15 is 0 Å². The fourth-order valence-corrected chi connectivity index (χ4v) is 0.223. The van der Waals surface area contributed by atoms with Gasteiger partial charge in [-0.25, -0.2) is 0 Å². The fraction of sp³-hybridized carbons (Fsp3) is 0.500. The molecule has 0 fully saturated rings. The van der Waals surface area contributed by atoms with Gasteiger partial charge in [0.05, 0.1) is 10.6 Å². The van der Waals surface area contributed by atoms with Crippen LogP contribution in [0.25, 0.3) is 0 Å². The van der Waals surface area contributed by atoms with E-state index in [1.54, 1.807) is 14.0 Å². The van der Waals surface area contributed by atoms with E-state index in [9.17, 15) is 10.1 Å². The summed E-state index contributed by atoms with van der Waals surface area (Å²) >= 11 is 0. The Bertz CT molecular complexity index is 119. The lowest BCUT2D eigenvalue weighted by Crippen LogP contribution is -2.03. The molecular formula is C4H8N2O2. The standard InChI is InChI=1S/C4H8N2O2/c1-4(5-2)3-6(7)8/h3,5H,1-2H3. The molecule has 0 unspecified atom stereocenters. The zero-order valence-electron chi connectivity index (χ0n) is 4.84.